The number of carboxylic acid groups (broad SMARTS) is 1. The van der Waals surface area contributed by atoms with Crippen molar-refractivity contribution in [2.75, 3.05) is 7.11 Å². The molecule has 0 aromatic heterocycles. The fourth-order valence-corrected chi connectivity index (χ4v) is 1.10. The lowest BCUT2D eigenvalue weighted by Gasteiger charge is -2.03. The largest absolute Gasteiger partial charge is 0.496 e. The number of benzene rings is 1. The Morgan fingerprint density at radius 3 is 2.87 bits per heavy atom. The van der Waals surface area contributed by atoms with Crippen molar-refractivity contribution < 1.29 is 14.6 Å². The number of rotatable bonds is 3. The Labute approximate surface area is 87.0 Å². The summed E-state index contributed by atoms with van der Waals surface area (Å²) in [4.78, 5) is 10.3. The van der Waals surface area contributed by atoms with E-state index in [9.17, 15) is 4.79 Å². The van der Waals surface area contributed by atoms with Crippen LogP contribution < -0.4 is 4.74 Å². The summed E-state index contributed by atoms with van der Waals surface area (Å²) in [5.74, 6) is -0.508. The van der Waals surface area contributed by atoms with Gasteiger partial charge in [0, 0.05) is 11.6 Å². The molecule has 1 aromatic carbocycles. The van der Waals surface area contributed by atoms with E-state index in [1.807, 2.05) is 6.07 Å². The highest BCUT2D eigenvalue weighted by Gasteiger charge is 2.01. The summed E-state index contributed by atoms with van der Waals surface area (Å²) in [6.45, 7) is 0. The summed E-state index contributed by atoms with van der Waals surface area (Å²) >= 11 is 0. The second kappa shape index (κ2) is 4.82. The van der Waals surface area contributed by atoms with E-state index >= 15 is 0 Å². The maximum atomic E-state index is 10.3. The summed E-state index contributed by atoms with van der Waals surface area (Å²) in [6, 6.07) is 6.77. The molecule has 0 spiro atoms. The van der Waals surface area contributed by atoms with Gasteiger partial charge in [0.05, 0.1) is 18.7 Å². The first-order valence-electron chi connectivity index (χ1n) is 4.16. The van der Waals surface area contributed by atoms with Gasteiger partial charge >= 0.3 is 5.97 Å². The van der Waals surface area contributed by atoms with Crippen molar-refractivity contribution >= 4 is 12.0 Å². The number of nitrogens with zero attached hydrogens (tertiary/aromatic N) is 1. The van der Waals surface area contributed by atoms with Crippen molar-refractivity contribution in [3.05, 3.63) is 35.4 Å². The van der Waals surface area contributed by atoms with E-state index in [2.05, 4.69) is 0 Å². The second-order valence-electron chi connectivity index (χ2n) is 2.74. The Balaban J connectivity index is 3.13. The maximum absolute atomic E-state index is 10.3. The van der Waals surface area contributed by atoms with E-state index in [0.717, 1.165) is 6.08 Å². The minimum Gasteiger partial charge on any atom is -0.496 e. The molecule has 76 valence electrons. The number of ether oxygens (including phenoxy) is 1. The molecule has 1 N–H and O–H groups in total. The molecule has 0 bridgehead atoms. The van der Waals surface area contributed by atoms with Gasteiger partial charge < -0.3 is 9.84 Å². The third-order valence-electron chi connectivity index (χ3n) is 1.76. The van der Waals surface area contributed by atoms with Gasteiger partial charge in [-0.25, -0.2) is 4.79 Å². The molecule has 0 unspecified atom stereocenters. The monoisotopic (exact) mass is 203 g/mol. The molecule has 4 nitrogen and oxygen atoms in total. The van der Waals surface area contributed by atoms with Crippen molar-refractivity contribution in [2.24, 2.45) is 0 Å². The Kier molecular flexibility index (Phi) is 3.47. The smallest absolute Gasteiger partial charge is 0.328 e. The van der Waals surface area contributed by atoms with Gasteiger partial charge in [0.25, 0.3) is 0 Å². The fourth-order valence-electron chi connectivity index (χ4n) is 1.10. The number of nitriles is 1. The number of hydrogen-bond donors (Lipinski definition) is 1. The zero-order chi connectivity index (χ0) is 11.3. The third-order valence-corrected chi connectivity index (χ3v) is 1.76. The van der Waals surface area contributed by atoms with Crippen molar-refractivity contribution in [3.63, 3.8) is 0 Å². The van der Waals surface area contributed by atoms with Gasteiger partial charge in [0.15, 0.2) is 0 Å². The first kappa shape index (κ1) is 10.8. The summed E-state index contributed by atoms with van der Waals surface area (Å²) < 4.78 is 5.02. The minimum absolute atomic E-state index is 0.459. The molecule has 1 aromatic rings. The van der Waals surface area contributed by atoms with E-state index in [4.69, 9.17) is 15.1 Å². The van der Waals surface area contributed by atoms with Crippen LogP contribution >= 0.6 is 0 Å². The number of hydrogen-bond acceptors (Lipinski definition) is 3. The average molecular weight is 203 g/mol. The first-order chi connectivity index (χ1) is 7.17. The van der Waals surface area contributed by atoms with Crippen LogP contribution in [-0.4, -0.2) is 18.2 Å². The number of carboxylic acids is 1. The van der Waals surface area contributed by atoms with Gasteiger partial charge in [-0.15, -0.1) is 0 Å². The summed E-state index contributed by atoms with van der Waals surface area (Å²) in [6.07, 6.45) is 2.39. The molecule has 0 atom stereocenters. The Morgan fingerprint density at radius 1 is 1.60 bits per heavy atom. The van der Waals surface area contributed by atoms with Gasteiger partial charge in [-0.3, -0.25) is 0 Å². The maximum Gasteiger partial charge on any atom is 0.328 e. The molecular weight excluding hydrogens is 194 g/mol. The first-order valence-corrected chi connectivity index (χ1v) is 4.16. The highest BCUT2D eigenvalue weighted by atomic mass is 16.5. The molecule has 0 amide bonds. The van der Waals surface area contributed by atoms with Crippen LogP contribution in [0.4, 0.5) is 0 Å². The highest BCUT2D eigenvalue weighted by molar-refractivity contribution is 5.86. The van der Waals surface area contributed by atoms with Crippen LogP contribution in [0.3, 0.4) is 0 Å². The van der Waals surface area contributed by atoms with Gasteiger partial charge in [0.1, 0.15) is 5.75 Å². The topological polar surface area (TPSA) is 70.3 Å². The summed E-state index contributed by atoms with van der Waals surface area (Å²) in [5.41, 5.74) is 1.03. The van der Waals surface area contributed by atoms with Gasteiger partial charge in [0.2, 0.25) is 0 Å². The lowest BCUT2D eigenvalue weighted by atomic mass is 10.1. The van der Waals surface area contributed by atoms with Crippen molar-refractivity contribution in [1.82, 2.24) is 0 Å². The normalized spacial score (nSPS) is 9.87. The quantitative estimate of drug-likeness (QED) is 0.758. The molecule has 15 heavy (non-hydrogen) atoms. The molecule has 0 fully saturated rings. The Morgan fingerprint density at radius 2 is 2.33 bits per heavy atom. The number of methoxy groups -OCH3 is 1. The van der Waals surface area contributed by atoms with Gasteiger partial charge in [-0.05, 0) is 24.3 Å². The molecule has 0 aliphatic heterocycles. The Hall–Kier alpha value is -2.28. The molecule has 4 heteroatoms. The predicted octanol–water partition coefficient (Wildman–Crippen LogP) is 1.66. The van der Waals surface area contributed by atoms with Crippen LogP contribution in [0.2, 0.25) is 0 Å². The van der Waals surface area contributed by atoms with Crippen molar-refractivity contribution in [1.29, 1.82) is 5.26 Å². The van der Waals surface area contributed by atoms with Crippen molar-refractivity contribution in [3.8, 4) is 11.8 Å². The van der Waals surface area contributed by atoms with Crippen LogP contribution in [0.5, 0.6) is 5.75 Å². The average Bonchev–Trinajstić information content (AvgIpc) is 2.25. The molecule has 0 aliphatic carbocycles. The van der Waals surface area contributed by atoms with Crippen LogP contribution in [0.15, 0.2) is 24.3 Å². The minimum atomic E-state index is -1.04. The van der Waals surface area contributed by atoms with Crippen LogP contribution in [0.25, 0.3) is 6.08 Å². The molecule has 0 heterocycles. The molecule has 0 saturated carbocycles. The summed E-state index contributed by atoms with van der Waals surface area (Å²) in [5, 5.41) is 17.1. The zero-order valence-corrected chi connectivity index (χ0v) is 8.10. The molecule has 0 aliphatic rings. The number of carbonyl (C=O) groups is 1. The van der Waals surface area contributed by atoms with Crippen LogP contribution in [0, 0.1) is 11.3 Å². The Bertz CT molecular complexity index is 444. The SMILES string of the molecule is COc1ccc(C#N)cc1/C=C/C(=O)O. The molecule has 0 saturated heterocycles. The standard InChI is InChI=1S/C11H9NO3/c1-15-10-4-2-8(7-12)6-9(10)3-5-11(13)14/h2-6H,1H3,(H,13,14)/b5-3+. The third kappa shape index (κ3) is 2.85. The zero-order valence-electron chi connectivity index (χ0n) is 8.10. The predicted molar refractivity (Wildman–Crippen MR) is 54.4 cm³/mol. The highest BCUT2D eigenvalue weighted by Crippen LogP contribution is 2.20. The summed E-state index contributed by atoms with van der Waals surface area (Å²) in [7, 11) is 1.49. The van der Waals surface area contributed by atoms with Crippen LogP contribution in [0.1, 0.15) is 11.1 Å². The molecule has 0 radical (unpaired) electrons. The number of aliphatic carboxylic acids is 1. The van der Waals surface area contributed by atoms with E-state index in [-0.39, 0.29) is 0 Å². The van der Waals surface area contributed by atoms with E-state index in [0.29, 0.717) is 16.9 Å². The lowest BCUT2D eigenvalue weighted by Crippen LogP contribution is -1.90. The van der Waals surface area contributed by atoms with Crippen molar-refractivity contribution in [2.45, 2.75) is 0 Å². The van der Waals surface area contributed by atoms with Gasteiger partial charge in [-0.1, -0.05) is 0 Å². The fraction of sp³-hybridized carbons (Fsp3) is 0.0909. The van der Waals surface area contributed by atoms with E-state index < -0.39 is 5.97 Å². The van der Waals surface area contributed by atoms with E-state index in [1.54, 1.807) is 18.2 Å². The lowest BCUT2D eigenvalue weighted by molar-refractivity contribution is -0.131. The molecule has 1 rings (SSSR count). The second-order valence-corrected chi connectivity index (χ2v) is 2.74. The van der Waals surface area contributed by atoms with E-state index in [1.165, 1.54) is 13.2 Å². The van der Waals surface area contributed by atoms with Crippen LogP contribution in [-0.2, 0) is 4.79 Å². The van der Waals surface area contributed by atoms with Gasteiger partial charge in [-0.2, -0.15) is 5.26 Å². The molecular formula is C11H9NO3.